The maximum atomic E-state index is 11.9. The molecule has 1 saturated carbocycles. The molecule has 110 valence electrons. The van der Waals surface area contributed by atoms with Crippen molar-refractivity contribution in [2.24, 2.45) is 5.92 Å². The fourth-order valence-electron chi connectivity index (χ4n) is 2.67. The summed E-state index contributed by atoms with van der Waals surface area (Å²) < 4.78 is 11.2. The molecule has 4 nitrogen and oxygen atoms in total. The lowest BCUT2D eigenvalue weighted by molar-refractivity contribution is -0.127. The van der Waals surface area contributed by atoms with E-state index < -0.39 is 0 Å². The molecule has 2 unspecified atom stereocenters. The van der Waals surface area contributed by atoms with Gasteiger partial charge in [-0.15, -0.1) is 0 Å². The molecule has 1 fully saturated rings. The summed E-state index contributed by atoms with van der Waals surface area (Å²) in [6.45, 7) is 0.802. The standard InChI is InChI=1S/C16H23NO3/c1-17(2)11-12-9-15(7-8-16(12)18)20-14-6-4-5-13(10-14)19-3/h4-6,10,12,15H,7-9,11H2,1-3H3. The highest BCUT2D eigenvalue weighted by Gasteiger charge is 2.30. The molecular formula is C16H23NO3. The summed E-state index contributed by atoms with van der Waals surface area (Å²) in [5.74, 6) is 2.06. The topological polar surface area (TPSA) is 38.8 Å². The van der Waals surface area contributed by atoms with E-state index in [1.165, 1.54) is 0 Å². The van der Waals surface area contributed by atoms with Gasteiger partial charge in [0.05, 0.1) is 13.2 Å². The molecule has 20 heavy (non-hydrogen) atoms. The van der Waals surface area contributed by atoms with Crippen molar-refractivity contribution >= 4 is 5.78 Å². The van der Waals surface area contributed by atoms with Crippen LogP contribution < -0.4 is 9.47 Å². The number of benzene rings is 1. The number of hydrogen-bond acceptors (Lipinski definition) is 4. The van der Waals surface area contributed by atoms with Gasteiger partial charge < -0.3 is 14.4 Å². The third kappa shape index (κ3) is 3.97. The molecule has 1 aliphatic carbocycles. The van der Waals surface area contributed by atoms with E-state index in [-0.39, 0.29) is 12.0 Å². The number of methoxy groups -OCH3 is 1. The van der Waals surface area contributed by atoms with Gasteiger partial charge in [-0.2, -0.15) is 0 Å². The molecular weight excluding hydrogens is 254 g/mol. The van der Waals surface area contributed by atoms with E-state index >= 15 is 0 Å². The zero-order chi connectivity index (χ0) is 14.5. The monoisotopic (exact) mass is 277 g/mol. The Morgan fingerprint density at radius 1 is 1.30 bits per heavy atom. The number of carbonyl (C=O) groups is 1. The highest BCUT2D eigenvalue weighted by molar-refractivity contribution is 5.82. The van der Waals surface area contributed by atoms with Gasteiger partial charge in [0.25, 0.3) is 0 Å². The Morgan fingerprint density at radius 2 is 2.05 bits per heavy atom. The quantitative estimate of drug-likeness (QED) is 0.828. The minimum absolute atomic E-state index is 0.0920. The minimum atomic E-state index is 0.0920. The van der Waals surface area contributed by atoms with Crippen molar-refractivity contribution in [2.75, 3.05) is 27.7 Å². The second kappa shape index (κ2) is 6.75. The number of carbonyl (C=O) groups excluding carboxylic acids is 1. The molecule has 0 radical (unpaired) electrons. The molecule has 0 N–H and O–H groups in total. The Bertz CT molecular complexity index is 459. The summed E-state index contributed by atoms with van der Waals surface area (Å²) in [5.41, 5.74) is 0. The summed E-state index contributed by atoms with van der Waals surface area (Å²) in [6, 6.07) is 7.63. The van der Waals surface area contributed by atoms with Crippen molar-refractivity contribution in [3.8, 4) is 11.5 Å². The van der Waals surface area contributed by atoms with Crippen LogP contribution >= 0.6 is 0 Å². The first kappa shape index (κ1) is 14.9. The second-order valence-electron chi connectivity index (χ2n) is 5.62. The third-order valence-corrected chi connectivity index (χ3v) is 3.64. The fraction of sp³-hybridized carbons (Fsp3) is 0.562. The summed E-state index contributed by atoms with van der Waals surface area (Å²) in [6.07, 6.45) is 2.34. The van der Waals surface area contributed by atoms with Gasteiger partial charge in [-0.1, -0.05) is 6.07 Å². The van der Waals surface area contributed by atoms with Crippen molar-refractivity contribution in [3.63, 3.8) is 0 Å². The van der Waals surface area contributed by atoms with Crippen LogP contribution in [-0.2, 0) is 4.79 Å². The molecule has 2 rings (SSSR count). The highest BCUT2D eigenvalue weighted by atomic mass is 16.5. The Labute approximate surface area is 120 Å². The normalized spacial score (nSPS) is 22.9. The van der Waals surface area contributed by atoms with Crippen LogP contribution in [0.5, 0.6) is 11.5 Å². The number of Topliss-reactive ketones (excluding diaryl/α,β-unsaturated/α-hetero) is 1. The molecule has 0 amide bonds. The molecule has 1 aromatic carbocycles. The number of nitrogens with zero attached hydrogens (tertiary/aromatic N) is 1. The predicted molar refractivity (Wildman–Crippen MR) is 78.3 cm³/mol. The van der Waals surface area contributed by atoms with E-state index in [4.69, 9.17) is 9.47 Å². The first-order valence-corrected chi connectivity index (χ1v) is 7.06. The van der Waals surface area contributed by atoms with Gasteiger partial charge in [0.1, 0.15) is 17.3 Å². The highest BCUT2D eigenvalue weighted by Crippen LogP contribution is 2.27. The zero-order valence-corrected chi connectivity index (χ0v) is 12.5. The minimum Gasteiger partial charge on any atom is -0.497 e. The molecule has 0 spiro atoms. The molecule has 4 heteroatoms. The van der Waals surface area contributed by atoms with Crippen LogP contribution in [0.15, 0.2) is 24.3 Å². The molecule has 2 atom stereocenters. The van der Waals surface area contributed by atoms with Crippen LogP contribution in [0, 0.1) is 5.92 Å². The van der Waals surface area contributed by atoms with E-state index in [9.17, 15) is 4.79 Å². The van der Waals surface area contributed by atoms with Gasteiger partial charge in [-0.25, -0.2) is 0 Å². The van der Waals surface area contributed by atoms with E-state index in [0.29, 0.717) is 12.2 Å². The first-order chi connectivity index (χ1) is 9.58. The maximum Gasteiger partial charge on any atom is 0.137 e. The van der Waals surface area contributed by atoms with Crippen LogP contribution in [0.3, 0.4) is 0 Å². The summed E-state index contributed by atoms with van der Waals surface area (Å²) in [5, 5.41) is 0. The average molecular weight is 277 g/mol. The Hall–Kier alpha value is -1.55. The number of ketones is 1. The van der Waals surface area contributed by atoms with E-state index in [0.717, 1.165) is 30.9 Å². The second-order valence-corrected chi connectivity index (χ2v) is 5.62. The van der Waals surface area contributed by atoms with E-state index in [2.05, 4.69) is 4.90 Å². The number of ether oxygens (including phenoxy) is 2. The van der Waals surface area contributed by atoms with Crippen LogP contribution in [-0.4, -0.2) is 44.5 Å². The van der Waals surface area contributed by atoms with Crippen LogP contribution in [0.4, 0.5) is 0 Å². The lowest BCUT2D eigenvalue weighted by atomic mass is 9.85. The van der Waals surface area contributed by atoms with Gasteiger partial charge in [0.15, 0.2) is 0 Å². The largest absolute Gasteiger partial charge is 0.497 e. The van der Waals surface area contributed by atoms with E-state index in [1.54, 1.807) is 7.11 Å². The lowest BCUT2D eigenvalue weighted by Gasteiger charge is -2.30. The third-order valence-electron chi connectivity index (χ3n) is 3.64. The Kier molecular flexibility index (Phi) is 5.01. The Balaban J connectivity index is 1.97. The molecule has 0 bridgehead atoms. The van der Waals surface area contributed by atoms with Crippen molar-refractivity contribution in [3.05, 3.63) is 24.3 Å². The van der Waals surface area contributed by atoms with Gasteiger partial charge in [-0.05, 0) is 39.1 Å². The molecule has 1 aromatic rings. The Morgan fingerprint density at radius 3 is 2.75 bits per heavy atom. The fourth-order valence-corrected chi connectivity index (χ4v) is 2.67. The van der Waals surface area contributed by atoms with Crippen molar-refractivity contribution in [1.82, 2.24) is 4.90 Å². The summed E-state index contributed by atoms with van der Waals surface area (Å²) in [4.78, 5) is 14.0. The van der Waals surface area contributed by atoms with Crippen molar-refractivity contribution < 1.29 is 14.3 Å². The number of rotatable bonds is 5. The SMILES string of the molecule is COc1cccc(OC2CCC(=O)C(CN(C)C)C2)c1. The average Bonchev–Trinajstić information content (AvgIpc) is 2.42. The molecule has 1 aliphatic rings. The van der Waals surface area contributed by atoms with Crippen LogP contribution in [0.25, 0.3) is 0 Å². The van der Waals surface area contributed by atoms with Crippen molar-refractivity contribution in [1.29, 1.82) is 0 Å². The van der Waals surface area contributed by atoms with Crippen LogP contribution in [0.1, 0.15) is 19.3 Å². The van der Waals surface area contributed by atoms with Crippen molar-refractivity contribution in [2.45, 2.75) is 25.4 Å². The summed E-state index contributed by atoms with van der Waals surface area (Å²) in [7, 11) is 5.64. The smallest absolute Gasteiger partial charge is 0.137 e. The van der Waals surface area contributed by atoms with Gasteiger partial charge >= 0.3 is 0 Å². The molecule has 0 heterocycles. The molecule has 0 saturated heterocycles. The molecule has 0 aromatic heterocycles. The lowest BCUT2D eigenvalue weighted by Crippen LogP contribution is -2.37. The zero-order valence-electron chi connectivity index (χ0n) is 12.5. The van der Waals surface area contributed by atoms with Gasteiger partial charge in [0, 0.05) is 24.9 Å². The predicted octanol–water partition coefficient (Wildman–Crippen LogP) is 2.37. The van der Waals surface area contributed by atoms with Gasteiger partial charge in [0.2, 0.25) is 0 Å². The number of hydrogen-bond donors (Lipinski definition) is 0. The van der Waals surface area contributed by atoms with E-state index in [1.807, 2.05) is 38.4 Å². The first-order valence-electron chi connectivity index (χ1n) is 7.06. The molecule has 0 aliphatic heterocycles. The maximum absolute atomic E-state index is 11.9. The van der Waals surface area contributed by atoms with Gasteiger partial charge in [-0.3, -0.25) is 4.79 Å². The summed E-state index contributed by atoms with van der Waals surface area (Å²) >= 11 is 0. The van der Waals surface area contributed by atoms with Crippen LogP contribution in [0.2, 0.25) is 0 Å².